The van der Waals surface area contributed by atoms with Gasteiger partial charge in [-0.1, -0.05) is 56.4 Å². The van der Waals surface area contributed by atoms with Crippen molar-refractivity contribution in [2.45, 2.75) is 44.8 Å². The average Bonchev–Trinajstić information content (AvgIpc) is 3.85. The van der Waals surface area contributed by atoms with Crippen LogP contribution < -0.4 is 21.5 Å². The number of pyridine rings is 1. The van der Waals surface area contributed by atoms with Crippen LogP contribution in [0.15, 0.2) is 102 Å². The first-order valence-corrected chi connectivity index (χ1v) is 14.8. The van der Waals surface area contributed by atoms with Crippen LogP contribution >= 0.6 is 0 Å². The SMILES string of the molecule is C=C(N)c1cc(N(C)/C(C=O)=C\C(=C)C(F)(F)F)ccc1/C=C\C.CNc1cc(C(CCC2CC2)n2ccccc2=O)ccc1F. The Balaban J connectivity index is 0.000000251. The standard InChI is InChI=1S/C18H19F3N2O.C18H21FN2O/c1-5-6-14-7-8-15(10-17(14)13(3)22)23(4)16(11-24)9-12(2)18(19,20)21;1-20-16-12-14(8-9-15(16)19)17(10-7-13-5-6-13)21-11-3-2-4-18(21)22/h5-11H,2-3,22H2,1,4H3;2-4,8-9,11-13,17,20H,5-7,10H2,1H3/b6-5-,16-9-;. The third kappa shape index (κ3) is 9.57. The number of hydrogen-bond acceptors (Lipinski definition) is 5. The van der Waals surface area contributed by atoms with E-state index < -0.39 is 11.7 Å². The highest BCUT2D eigenvalue weighted by Gasteiger charge is 2.31. The Morgan fingerprint density at radius 3 is 2.43 bits per heavy atom. The number of benzene rings is 2. The van der Waals surface area contributed by atoms with Gasteiger partial charge in [-0.25, -0.2) is 4.39 Å². The van der Waals surface area contributed by atoms with Gasteiger partial charge in [-0.3, -0.25) is 9.59 Å². The predicted molar refractivity (Wildman–Crippen MR) is 179 cm³/mol. The van der Waals surface area contributed by atoms with E-state index in [-0.39, 0.29) is 23.1 Å². The van der Waals surface area contributed by atoms with Crippen LogP contribution in [-0.4, -0.2) is 31.1 Å². The number of nitrogens with zero attached hydrogens (tertiary/aromatic N) is 2. The van der Waals surface area contributed by atoms with E-state index in [4.69, 9.17) is 5.73 Å². The summed E-state index contributed by atoms with van der Waals surface area (Å²) in [5.74, 6) is 0.527. The minimum absolute atomic E-state index is 0.0152. The summed E-state index contributed by atoms with van der Waals surface area (Å²) in [7, 11) is 3.19. The number of likely N-dealkylation sites (N-methyl/N-ethyl adjacent to an activating group) is 1. The van der Waals surface area contributed by atoms with E-state index in [9.17, 15) is 27.2 Å². The maximum atomic E-state index is 13.7. The van der Waals surface area contributed by atoms with Crippen LogP contribution in [-0.2, 0) is 4.79 Å². The molecule has 0 saturated heterocycles. The van der Waals surface area contributed by atoms with Crippen LogP contribution in [0.4, 0.5) is 28.9 Å². The fourth-order valence-electron chi connectivity index (χ4n) is 4.88. The number of alkyl halides is 3. The van der Waals surface area contributed by atoms with Crippen LogP contribution in [0.1, 0.15) is 55.3 Å². The van der Waals surface area contributed by atoms with E-state index in [2.05, 4.69) is 18.5 Å². The highest BCUT2D eigenvalue weighted by atomic mass is 19.4. The molecule has 3 N–H and O–H groups in total. The molecule has 1 aliphatic rings. The third-order valence-corrected chi connectivity index (χ3v) is 7.69. The van der Waals surface area contributed by atoms with Gasteiger partial charge >= 0.3 is 6.18 Å². The molecule has 4 rings (SSSR count). The van der Waals surface area contributed by atoms with Crippen molar-refractivity contribution < 1.29 is 22.4 Å². The summed E-state index contributed by atoms with van der Waals surface area (Å²) in [6, 6.07) is 15.3. The lowest BCUT2D eigenvalue weighted by Gasteiger charge is -2.21. The predicted octanol–water partition coefficient (Wildman–Crippen LogP) is 8.10. The summed E-state index contributed by atoms with van der Waals surface area (Å²) in [6.45, 7) is 8.48. The minimum atomic E-state index is -4.60. The van der Waals surface area contributed by atoms with Gasteiger partial charge in [0.1, 0.15) is 5.82 Å². The average molecular weight is 637 g/mol. The molecule has 1 unspecified atom stereocenters. The fourth-order valence-corrected chi connectivity index (χ4v) is 4.88. The smallest absolute Gasteiger partial charge is 0.399 e. The Kier molecular flexibility index (Phi) is 12.3. The number of nitrogens with two attached hydrogens (primary N) is 1. The zero-order valence-corrected chi connectivity index (χ0v) is 26.3. The minimum Gasteiger partial charge on any atom is -0.399 e. The maximum absolute atomic E-state index is 13.7. The number of aldehydes is 1. The second-order valence-electron chi connectivity index (χ2n) is 11.0. The van der Waals surface area contributed by atoms with Crippen molar-refractivity contribution in [2.75, 3.05) is 24.3 Å². The second-order valence-corrected chi connectivity index (χ2v) is 11.0. The van der Waals surface area contributed by atoms with Crippen molar-refractivity contribution in [3.8, 4) is 0 Å². The summed E-state index contributed by atoms with van der Waals surface area (Å²) in [5, 5.41) is 2.87. The van der Waals surface area contributed by atoms with Crippen LogP contribution in [0.25, 0.3) is 11.8 Å². The lowest BCUT2D eigenvalue weighted by molar-refractivity contribution is -0.105. The summed E-state index contributed by atoms with van der Waals surface area (Å²) < 4.78 is 53.3. The van der Waals surface area contributed by atoms with Gasteiger partial charge in [0.05, 0.1) is 23.0 Å². The highest BCUT2D eigenvalue weighted by molar-refractivity contribution is 5.83. The van der Waals surface area contributed by atoms with Gasteiger partial charge in [-0.15, -0.1) is 0 Å². The third-order valence-electron chi connectivity index (χ3n) is 7.69. The number of nitrogens with one attached hydrogen (secondary N) is 1. The van der Waals surface area contributed by atoms with Crippen molar-refractivity contribution >= 4 is 29.4 Å². The molecule has 0 bridgehead atoms. The molecule has 6 nitrogen and oxygen atoms in total. The quantitative estimate of drug-likeness (QED) is 0.0909. The van der Waals surface area contributed by atoms with Crippen LogP contribution in [0, 0.1) is 11.7 Å². The lowest BCUT2D eigenvalue weighted by atomic mass is 9.99. The molecule has 0 radical (unpaired) electrons. The molecular weight excluding hydrogens is 596 g/mol. The van der Waals surface area contributed by atoms with E-state index in [0.29, 0.717) is 35.0 Å². The number of allylic oxidation sites excluding steroid dienone is 4. The molecule has 244 valence electrons. The molecule has 1 heterocycles. The van der Waals surface area contributed by atoms with Gasteiger partial charge < -0.3 is 20.5 Å². The molecule has 1 saturated carbocycles. The molecule has 10 heteroatoms. The number of halogens is 4. The van der Waals surface area contributed by atoms with E-state index in [1.807, 2.05) is 37.4 Å². The van der Waals surface area contributed by atoms with E-state index in [0.717, 1.165) is 29.9 Å². The molecule has 1 aromatic heterocycles. The summed E-state index contributed by atoms with van der Waals surface area (Å²) in [4.78, 5) is 24.7. The summed E-state index contributed by atoms with van der Waals surface area (Å²) in [5.41, 5.74) is 8.18. The monoisotopic (exact) mass is 636 g/mol. The molecule has 3 aromatic rings. The molecule has 46 heavy (non-hydrogen) atoms. The summed E-state index contributed by atoms with van der Waals surface area (Å²) in [6.07, 6.45) is 6.53. The van der Waals surface area contributed by atoms with Crippen molar-refractivity contribution in [3.05, 3.63) is 130 Å². The molecule has 0 aliphatic heterocycles. The number of hydrogen-bond donors (Lipinski definition) is 2. The Labute approximate surface area is 267 Å². The highest BCUT2D eigenvalue weighted by Crippen LogP contribution is 2.37. The van der Waals surface area contributed by atoms with Crippen LogP contribution in [0.3, 0.4) is 0 Å². The zero-order valence-electron chi connectivity index (χ0n) is 26.3. The zero-order chi connectivity index (χ0) is 34.0. The van der Waals surface area contributed by atoms with Crippen molar-refractivity contribution in [2.24, 2.45) is 11.7 Å². The van der Waals surface area contributed by atoms with Crippen molar-refractivity contribution in [1.29, 1.82) is 0 Å². The Morgan fingerprint density at radius 1 is 1.15 bits per heavy atom. The van der Waals surface area contributed by atoms with Crippen LogP contribution in [0.5, 0.6) is 0 Å². The topological polar surface area (TPSA) is 80.4 Å². The van der Waals surface area contributed by atoms with Gasteiger partial charge in [0.2, 0.25) is 0 Å². The number of carbonyl (C=O) groups is 1. The molecule has 2 aromatic carbocycles. The maximum Gasteiger partial charge on any atom is 0.415 e. The number of anilines is 2. The molecule has 0 amide bonds. The molecule has 0 spiro atoms. The van der Waals surface area contributed by atoms with Crippen molar-refractivity contribution in [3.63, 3.8) is 0 Å². The van der Waals surface area contributed by atoms with E-state index in [1.54, 1.807) is 48.0 Å². The first-order valence-electron chi connectivity index (χ1n) is 14.8. The number of aromatic nitrogens is 1. The van der Waals surface area contributed by atoms with Gasteiger partial charge in [0.15, 0.2) is 6.29 Å². The van der Waals surface area contributed by atoms with Gasteiger partial charge in [0.25, 0.3) is 5.56 Å². The number of carbonyl (C=O) groups excluding carboxylic acids is 1. The fraction of sp³-hybridized carbons (Fsp3) is 0.278. The molecule has 1 fully saturated rings. The Bertz CT molecular complexity index is 1670. The summed E-state index contributed by atoms with van der Waals surface area (Å²) >= 11 is 0. The van der Waals surface area contributed by atoms with E-state index in [1.165, 1.54) is 30.9 Å². The second kappa shape index (κ2) is 15.9. The first kappa shape index (κ1) is 35.6. The number of rotatable bonds is 12. The van der Waals surface area contributed by atoms with E-state index >= 15 is 0 Å². The molecular formula is C36H40F4N4O2. The molecule has 1 atom stereocenters. The Morgan fingerprint density at radius 2 is 1.87 bits per heavy atom. The van der Waals surface area contributed by atoms with Gasteiger partial charge in [-0.2, -0.15) is 13.2 Å². The lowest BCUT2D eigenvalue weighted by Crippen LogP contribution is -2.24. The normalized spacial score (nSPS) is 13.8. The van der Waals surface area contributed by atoms with Crippen LogP contribution in [0.2, 0.25) is 0 Å². The largest absolute Gasteiger partial charge is 0.415 e. The van der Waals surface area contributed by atoms with Crippen molar-refractivity contribution in [1.82, 2.24) is 4.57 Å². The van der Waals surface area contributed by atoms with Gasteiger partial charge in [0, 0.05) is 43.3 Å². The Hall–Kier alpha value is -4.86. The first-order chi connectivity index (χ1) is 21.8. The molecule has 1 aliphatic carbocycles. The van der Waals surface area contributed by atoms with Gasteiger partial charge in [-0.05, 0) is 73.2 Å².